The van der Waals surface area contributed by atoms with Gasteiger partial charge < -0.3 is 14.7 Å². The van der Waals surface area contributed by atoms with Gasteiger partial charge >= 0.3 is 0 Å². The van der Waals surface area contributed by atoms with E-state index in [4.69, 9.17) is 0 Å². The summed E-state index contributed by atoms with van der Waals surface area (Å²) in [6.07, 6.45) is 3.46. The summed E-state index contributed by atoms with van der Waals surface area (Å²) < 4.78 is 0. The first-order valence-electron chi connectivity index (χ1n) is 8.41. The van der Waals surface area contributed by atoms with Crippen LogP contribution in [0.3, 0.4) is 0 Å². The molecule has 23 heavy (non-hydrogen) atoms. The first-order chi connectivity index (χ1) is 11.1. The second-order valence-corrected chi connectivity index (χ2v) is 6.69. The fourth-order valence-corrected chi connectivity index (χ4v) is 3.34. The maximum absolute atomic E-state index is 12.6. The van der Waals surface area contributed by atoms with Crippen LogP contribution in [-0.2, 0) is 0 Å². The molecule has 2 aliphatic heterocycles. The monoisotopic (exact) mass is 315 g/mol. The molecule has 0 saturated carbocycles. The number of carbonyl (C=O) groups is 2. The number of benzene rings is 1. The lowest BCUT2D eigenvalue weighted by atomic mass is 9.99. The largest absolute Gasteiger partial charge is 0.345 e. The van der Waals surface area contributed by atoms with Crippen LogP contribution in [-0.4, -0.2) is 72.8 Å². The Kier molecular flexibility index (Phi) is 4.66. The van der Waals surface area contributed by atoms with E-state index in [2.05, 4.69) is 4.90 Å². The van der Waals surface area contributed by atoms with Gasteiger partial charge in [-0.15, -0.1) is 0 Å². The lowest BCUT2D eigenvalue weighted by molar-refractivity contribution is 0.0488. The van der Waals surface area contributed by atoms with Gasteiger partial charge in [-0.25, -0.2) is 0 Å². The Morgan fingerprint density at radius 2 is 1.52 bits per heavy atom. The summed E-state index contributed by atoms with van der Waals surface area (Å²) in [5.41, 5.74) is 1.28. The van der Waals surface area contributed by atoms with Crippen LogP contribution < -0.4 is 0 Å². The van der Waals surface area contributed by atoms with Crippen molar-refractivity contribution >= 4 is 11.8 Å². The molecule has 0 aromatic heterocycles. The molecule has 0 N–H and O–H groups in total. The molecule has 5 heteroatoms. The Bertz CT molecular complexity index is 570. The molecule has 2 fully saturated rings. The van der Waals surface area contributed by atoms with Crippen molar-refractivity contribution < 1.29 is 9.59 Å². The lowest BCUT2D eigenvalue weighted by Gasteiger charge is -2.43. The second kappa shape index (κ2) is 6.71. The number of amides is 2. The highest BCUT2D eigenvalue weighted by atomic mass is 16.2. The molecular weight excluding hydrogens is 290 g/mol. The van der Waals surface area contributed by atoms with Gasteiger partial charge in [-0.3, -0.25) is 9.59 Å². The van der Waals surface area contributed by atoms with Gasteiger partial charge in [-0.2, -0.15) is 0 Å². The van der Waals surface area contributed by atoms with Crippen LogP contribution in [0.15, 0.2) is 24.3 Å². The van der Waals surface area contributed by atoms with E-state index < -0.39 is 0 Å². The molecule has 2 aliphatic rings. The first-order valence-corrected chi connectivity index (χ1v) is 8.41. The number of hydrogen-bond acceptors (Lipinski definition) is 3. The molecule has 0 atom stereocenters. The zero-order valence-corrected chi connectivity index (χ0v) is 14.0. The topological polar surface area (TPSA) is 43.9 Å². The average molecular weight is 315 g/mol. The smallest absolute Gasteiger partial charge is 0.253 e. The summed E-state index contributed by atoms with van der Waals surface area (Å²) in [6.45, 7) is 4.11. The lowest BCUT2D eigenvalue weighted by Crippen LogP contribution is -2.51. The summed E-state index contributed by atoms with van der Waals surface area (Å²) in [6, 6.07) is 7.67. The standard InChI is InChI=1S/C18H25N3O2/c1-19(2)17(22)14-4-6-15(7-5-14)18(23)21-12-8-16(9-13-21)20-10-3-11-20/h4-7,16H,3,8-13H2,1-2H3. The highest BCUT2D eigenvalue weighted by molar-refractivity contribution is 5.97. The number of nitrogens with zero attached hydrogens (tertiary/aromatic N) is 3. The Hall–Kier alpha value is -1.88. The van der Waals surface area contributed by atoms with Crippen molar-refractivity contribution in [3.63, 3.8) is 0 Å². The molecule has 2 amide bonds. The van der Waals surface area contributed by atoms with Gasteiger partial charge in [-0.05, 0) is 56.6 Å². The van der Waals surface area contributed by atoms with Crippen LogP contribution in [0.5, 0.6) is 0 Å². The Labute approximate surface area is 137 Å². The molecule has 2 heterocycles. The van der Waals surface area contributed by atoms with Crippen LogP contribution in [0.25, 0.3) is 0 Å². The summed E-state index contributed by atoms with van der Waals surface area (Å²) >= 11 is 0. The molecule has 3 rings (SSSR count). The van der Waals surface area contributed by atoms with Gasteiger partial charge in [0.15, 0.2) is 0 Å². The fraction of sp³-hybridized carbons (Fsp3) is 0.556. The predicted molar refractivity (Wildman–Crippen MR) is 89.6 cm³/mol. The molecule has 0 aliphatic carbocycles. The molecule has 0 spiro atoms. The van der Waals surface area contributed by atoms with E-state index in [1.165, 1.54) is 24.4 Å². The van der Waals surface area contributed by atoms with Gasteiger partial charge in [0.2, 0.25) is 0 Å². The summed E-state index contributed by atoms with van der Waals surface area (Å²) in [5, 5.41) is 0. The Morgan fingerprint density at radius 3 is 2.00 bits per heavy atom. The molecule has 1 aromatic carbocycles. The van der Waals surface area contributed by atoms with Crippen LogP contribution in [0.2, 0.25) is 0 Å². The quantitative estimate of drug-likeness (QED) is 0.853. The minimum absolute atomic E-state index is 0.0423. The van der Waals surface area contributed by atoms with E-state index in [-0.39, 0.29) is 11.8 Å². The molecule has 124 valence electrons. The highest BCUT2D eigenvalue weighted by Crippen LogP contribution is 2.22. The number of hydrogen-bond donors (Lipinski definition) is 0. The van der Waals surface area contributed by atoms with Crippen molar-refractivity contribution in [3.05, 3.63) is 35.4 Å². The Morgan fingerprint density at radius 1 is 0.957 bits per heavy atom. The van der Waals surface area contributed by atoms with Crippen molar-refractivity contribution in [1.29, 1.82) is 0 Å². The van der Waals surface area contributed by atoms with Gasteiger partial charge in [0.05, 0.1) is 0 Å². The van der Waals surface area contributed by atoms with E-state index in [1.807, 2.05) is 4.90 Å². The van der Waals surface area contributed by atoms with Crippen LogP contribution in [0.1, 0.15) is 40.0 Å². The number of piperidine rings is 1. The van der Waals surface area contributed by atoms with Gasteiger partial charge in [0, 0.05) is 44.4 Å². The summed E-state index contributed by atoms with van der Waals surface area (Å²) in [5.74, 6) is 0.0373. The first kappa shape index (κ1) is 16.0. The maximum Gasteiger partial charge on any atom is 0.253 e. The molecular formula is C18H25N3O2. The van der Waals surface area contributed by atoms with Crippen LogP contribution in [0, 0.1) is 0 Å². The highest BCUT2D eigenvalue weighted by Gasteiger charge is 2.29. The number of likely N-dealkylation sites (tertiary alicyclic amines) is 2. The van der Waals surface area contributed by atoms with Crippen LogP contribution >= 0.6 is 0 Å². The minimum Gasteiger partial charge on any atom is -0.345 e. The second-order valence-electron chi connectivity index (χ2n) is 6.69. The molecule has 2 saturated heterocycles. The van der Waals surface area contributed by atoms with Crippen molar-refractivity contribution in [2.45, 2.75) is 25.3 Å². The predicted octanol–water partition coefficient (Wildman–Crippen LogP) is 1.70. The van der Waals surface area contributed by atoms with Crippen molar-refractivity contribution in [1.82, 2.24) is 14.7 Å². The zero-order chi connectivity index (χ0) is 16.4. The van der Waals surface area contributed by atoms with E-state index in [0.717, 1.165) is 25.9 Å². The number of rotatable bonds is 3. The SMILES string of the molecule is CN(C)C(=O)c1ccc(C(=O)N2CCC(N3CCC3)CC2)cc1. The molecule has 0 bridgehead atoms. The average Bonchev–Trinajstić information content (AvgIpc) is 2.53. The van der Waals surface area contributed by atoms with Gasteiger partial charge in [0.1, 0.15) is 0 Å². The molecule has 0 unspecified atom stereocenters. The van der Waals surface area contributed by atoms with Gasteiger partial charge in [-0.1, -0.05) is 0 Å². The third-order valence-electron chi connectivity index (χ3n) is 4.94. The van der Waals surface area contributed by atoms with E-state index in [1.54, 1.807) is 38.4 Å². The molecule has 5 nitrogen and oxygen atoms in total. The van der Waals surface area contributed by atoms with E-state index >= 15 is 0 Å². The summed E-state index contributed by atoms with van der Waals surface area (Å²) in [7, 11) is 3.45. The van der Waals surface area contributed by atoms with Gasteiger partial charge in [0.25, 0.3) is 11.8 Å². The molecule has 0 radical (unpaired) electrons. The van der Waals surface area contributed by atoms with Crippen LogP contribution in [0.4, 0.5) is 0 Å². The Balaban J connectivity index is 1.59. The van der Waals surface area contributed by atoms with Crippen molar-refractivity contribution in [3.8, 4) is 0 Å². The van der Waals surface area contributed by atoms with E-state index in [0.29, 0.717) is 17.2 Å². The normalized spacial score (nSPS) is 19.3. The van der Waals surface area contributed by atoms with E-state index in [9.17, 15) is 9.59 Å². The molecule has 1 aromatic rings. The fourth-order valence-electron chi connectivity index (χ4n) is 3.34. The minimum atomic E-state index is -0.0423. The third-order valence-corrected chi connectivity index (χ3v) is 4.94. The third kappa shape index (κ3) is 3.39. The number of carbonyl (C=O) groups excluding carboxylic acids is 2. The zero-order valence-electron chi connectivity index (χ0n) is 14.0. The van der Waals surface area contributed by atoms with Crippen molar-refractivity contribution in [2.75, 3.05) is 40.3 Å². The summed E-state index contributed by atoms with van der Waals surface area (Å²) in [4.78, 5) is 30.5. The maximum atomic E-state index is 12.6. The van der Waals surface area contributed by atoms with Crippen molar-refractivity contribution in [2.24, 2.45) is 0 Å².